The average Bonchev–Trinajstić information content (AvgIpc) is 2.82. The van der Waals surface area contributed by atoms with Gasteiger partial charge in [-0.2, -0.15) is 0 Å². The molecule has 1 unspecified atom stereocenters. The van der Waals surface area contributed by atoms with Crippen LogP contribution in [0.25, 0.3) is 5.65 Å². The molecule has 1 aliphatic rings. The fraction of sp³-hybridized carbons (Fsp3) is 0.417. The van der Waals surface area contributed by atoms with Crippen LogP contribution in [0.5, 0.6) is 0 Å². The highest BCUT2D eigenvalue weighted by molar-refractivity contribution is 5.41. The minimum absolute atomic E-state index is 0.539. The molecule has 0 spiro atoms. The van der Waals surface area contributed by atoms with Gasteiger partial charge in [-0.15, -0.1) is 0 Å². The summed E-state index contributed by atoms with van der Waals surface area (Å²) in [6.45, 7) is 3.17. The lowest BCUT2D eigenvalue weighted by atomic mass is 10.1. The fourth-order valence-corrected chi connectivity index (χ4v) is 2.31. The van der Waals surface area contributed by atoms with Crippen molar-refractivity contribution in [2.75, 3.05) is 6.54 Å². The lowest BCUT2D eigenvalue weighted by Crippen LogP contribution is -2.13. The number of fused-ring (bicyclic) bond motifs is 1. The highest BCUT2D eigenvalue weighted by Crippen LogP contribution is 2.23. The third-order valence-corrected chi connectivity index (χ3v) is 3.06. The van der Waals surface area contributed by atoms with Crippen LogP contribution < -0.4 is 5.32 Å². The van der Waals surface area contributed by atoms with Crippen LogP contribution in [0, 0.1) is 6.92 Å². The molecule has 1 fully saturated rings. The predicted molar refractivity (Wildman–Crippen MR) is 59.9 cm³/mol. The number of nitrogens with one attached hydrogen (secondary N) is 1. The maximum atomic E-state index is 4.42. The zero-order valence-electron chi connectivity index (χ0n) is 8.90. The van der Waals surface area contributed by atoms with Crippen LogP contribution in [0.1, 0.15) is 30.1 Å². The average molecular weight is 201 g/mol. The Hall–Kier alpha value is -1.35. The van der Waals surface area contributed by atoms with E-state index in [4.69, 9.17) is 0 Å². The van der Waals surface area contributed by atoms with E-state index in [9.17, 15) is 0 Å². The van der Waals surface area contributed by atoms with Gasteiger partial charge in [-0.05, 0) is 37.9 Å². The van der Waals surface area contributed by atoms with Gasteiger partial charge in [-0.3, -0.25) is 0 Å². The molecule has 3 rings (SSSR count). The summed E-state index contributed by atoms with van der Waals surface area (Å²) < 4.78 is 2.12. The molecule has 0 amide bonds. The molecule has 2 aromatic rings. The van der Waals surface area contributed by atoms with Gasteiger partial charge in [0.25, 0.3) is 0 Å². The molecule has 0 radical (unpaired) electrons. The predicted octanol–water partition coefficient (Wildman–Crippen LogP) is 2.07. The van der Waals surface area contributed by atoms with Crippen molar-refractivity contribution in [2.24, 2.45) is 0 Å². The van der Waals surface area contributed by atoms with Crippen molar-refractivity contribution >= 4 is 5.65 Å². The lowest BCUT2D eigenvalue weighted by molar-refractivity contribution is 0.644. The van der Waals surface area contributed by atoms with Gasteiger partial charge in [0.15, 0.2) is 0 Å². The van der Waals surface area contributed by atoms with Crippen LogP contribution in [0.2, 0.25) is 0 Å². The van der Waals surface area contributed by atoms with Gasteiger partial charge >= 0.3 is 0 Å². The monoisotopic (exact) mass is 201 g/mol. The van der Waals surface area contributed by atoms with E-state index in [-0.39, 0.29) is 0 Å². The Balaban J connectivity index is 2.04. The van der Waals surface area contributed by atoms with Crippen molar-refractivity contribution in [1.82, 2.24) is 14.7 Å². The summed E-state index contributed by atoms with van der Waals surface area (Å²) in [6.07, 6.45) is 6.80. The number of imidazole rings is 1. The third kappa shape index (κ3) is 1.53. The molecule has 3 nitrogen and oxygen atoms in total. The molecule has 15 heavy (non-hydrogen) atoms. The summed E-state index contributed by atoms with van der Waals surface area (Å²) in [7, 11) is 0. The summed E-state index contributed by atoms with van der Waals surface area (Å²) in [5, 5.41) is 3.51. The molecule has 0 aromatic carbocycles. The Morgan fingerprint density at radius 2 is 2.33 bits per heavy atom. The molecule has 1 atom stereocenters. The van der Waals surface area contributed by atoms with Crippen molar-refractivity contribution in [3.05, 3.63) is 35.8 Å². The van der Waals surface area contributed by atoms with Crippen molar-refractivity contribution < 1.29 is 0 Å². The first kappa shape index (κ1) is 8.92. The largest absolute Gasteiger partial charge is 0.310 e. The first-order chi connectivity index (χ1) is 7.33. The highest BCUT2D eigenvalue weighted by atomic mass is 15.0. The second-order valence-corrected chi connectivity index (χ2v) is 4.26. The summed E-state index contributed by atoms with van der Waals surface area (Å²) in [4.78, 5) is 4.42. The second kappa shape index (κ2) is 3.35. The number of rotatable bonds is 1. The van der Waals surface area contributed by atoms with Crippen molar-refractivity contribution in [2.45, 2.75) is 25.8 Å². The maximum absolute atomic E-state index is 4.42. The van der Waals surface area contributed by atoms with Gasteiger partial charge in [0.1, 0.15) is 5.65 Å². The second-order valence-electron chi connectivity index (χ2n) is 4.26. The van der Waals surface area contributed by atoms with Crippen molar-refractivity contribution in [1.29, 1.82) is 0 Å². The normalized spacial score (nSPS) is 21.3. The number of nitrogens with zero attached hydrogens (tertiary/aromatic N) is 2. The summed E-state index contributed by atoms with van der Waals surface area (Å²) in [5.41, 5.74) is 3.48. The molecule has 3 heterocycles. The van der Waals surface area contributed by atoms with Gasteiger partial charge in [0.2, 0.25) is 0 Å². The van der Waals surface area contributed by atoms with E-state index in [1.807, 2.05) is 6.92 Å². The molecule has 2 aromatic heterocycles. The number of hydrogen-bond acceptors (Lipinski definition) is 2. The molecule has 78 valence electrons. The van der Waals surface area contributed by atoms with Crippen molar-refractivity contribution in [3.8, 4) is 0 Å². The van der Waals surface area contributed by atoms with E-state index < -0.39 is 0 Å². The van der Waals surface area contributed by atoms with Crippen LogP contribution in [-0.4, -0.2) is 15.9 Å². The minimum Gasteiger partial charge on any atom is -0.310 e. The molecule has 0 aliphatic carbocycles. The fourth-order valence-electron chi connectivity index (χ4n) is 2.31. The Kier molecular flexibility index (Phi) is 1.99. The zero-order valence-corrected chi connectivity index (χ0v) is 8.90. The first-order valence-electron chi connectivity index (χ1n) is 5.51. The molecular weight excluding hydrogens is 186 g/mol. The quantitative estimate of drug-likeness (QED) is 0.765. The van der Waals surface area contributed by atoms with Gasteiger partial charge < -0.3 is 9.72 Å². The molecule has 1 saturated heterocycles. The lowest BCUT2D eigenvalue weighted by Gasteiger charge is -2.10. The topological polar surface area (TPSA) is 29.3 Å². The Morgan fingerprint density at radius 1 is 1.40 bits per heavy atom. The zero-order chi connectivity index (χ0) is 10.3. The van der Waals surface area contributed by atoms with E-state index in [2.05, 4.69) is 39.2 Å². The maximum Gasteiger partial charge on any atom is 0.136 e. The number of aryl methyl sites for hydroxylation is 1. The van der Waals surface area contributed by atoms with Crippen LogP contribution in [0.15, 0.2) is 24.5 Å². The van der Waals surface area contributed by atoms with Gasteiger partial charge in [0, 0.05) is 18.4 Å². The van der Waals surface area contributed by atoms with E-state index in [1.54, 1.807) is 0 Å². The molecule has 3 heteroatoms. The number of aromatic nitrogens is 2. The molecule has 0 saturated carbocycles. The van der Waals surface area contributed by atoms with Crippen molar-refractivity contribution in [3.63, 3.8) is 0 Å². The van der Waals surface area contributed by atoms with Gasteiger partial charge in [-0.1, -0.05) is 6.07 Å². The van der Waals surface area contributed by atoms with Gasteiger partial charge in [-0.25, -0.2) is 4.98 Å². The Bertz CT molecular complexity index is 481. The standard InChI is InChI=1S/C12H15N3/c1-9-7-15-8-10(4-5-12(15)14-9)11-3-2-6-13-11/h4-5,7-8,11,13H,2-3,6H2,1H3. The Morgan fingerprint density at radius 3 is 3.13 bits per heavy atom. The highest BCUT2D eigenvalue weighted by Gasteiger charge is 2.16. The van der Waals surface area contributed by atoms with Crippen LogP contribution in [0.4, 0.5) is 0 Å². The molecule has 1 aliphatic heterocycles. The Labute approximate surface area is 89.1 Å². The number of hydrogen-bond donors (Lipinski definition) is 1. The first-order valence-corrected chi connectivity index (χ1v) is 5.51. The molecule has 1 N–H and O–H groups in total. The van der Waals surface area contributed by atoms with Crippen LogP contribution in [0.3, 0.4) is 0 Å². The third-order valence-electron chi connectivity index (χ3n) is 3.06. The smallest absolute Gasteiger partial charge is 0.136 e. The SMILES string of the molecule is Cc1cn2cc(C3CCCN3)ccc2n1. The summed E-state index contributed by atoms with van der Waals surface area (Å²) in [6, 6.07) is 4.82. The van der Waals surface area contributed by atoms with Gasteiger partial charge in [0.05, 0.1) is 5.69 Å². The van der Waals surface area contributed by atoms with E-state index in [1.165, 1.54) is 18.4 Å². The van der Waals surface area contributed by atoms with E-state index in [0.29, 0.717) is 6.04 Å². The summed E-state index contributed by atoms with van der Waals surface area (Å²) >= 11 is 0. The van der Waals surface area contributed by atoms with E-state index >= 15 is 0 Å². The molecule has 0 bridgehead atoms. The van der Waals surface area contributed by atoms with Crippen LogP contribution in [-0.2, 0) is 0 Å². The number of pyridine rings is 1. The minimum atomic E-state index is 0.539. The molecular formula is C12H15N3. The van der Waals surface area contributed by atoms with E-state index in [0.717, 1.165) is 17.9 Å². The summed E-state index contributed by atoms with van der Waals surface area (Å²) in [5.74, 6) is 0. The van der Waals surface area contributed by atoms with Crippen LogP contribution >= 0.6 is 0 Å².